The zero-order chi connectivity index (χ0) is 12.1. The van der Waals surface area contributed by atoms with Gasteiger partial charge in [-0.1, -0.05) is 0 Å². The highest BCUT2D eigenvalue weighted by molar-refractivity contribution is 5.27. The van der Waals surface area contributed by atoms with Crippen molar-refractivity contribution in [3.05, 3.63) is 11.9 Å². The fourth-order valence-corrected chi connectivity index (χ4v) is 2.21. The van der Waals surface area contributed by atoms with Crippen molar-refractivity contribution >= 4 is 5.95 Å². The largest absolute Gasteiger partial charge is 0.379 e. The molecule has 1 aliphatic heterocycles. The lowest BCUT2D eigenvalue weighted by Crippen LogP contribution is -2.37. The first kappa shape index (κ1) is 12.4. The normalized spacial score (nSPS) is 17.3. The van der Waals surface area contributed by atoms with Gasteiger partial charge in [0, 0.05) is 39.4 Å². The van der Waals surface area contributed by atoms with Crippen LogP contribution in [0.2, 0.25) is 0 Å². The quantitative estimate of drug-likeness (QED) is 0.829. The molecule has 1 aromatic heterocycles. The predicted molar refractivity (Wildman–Crippen MR) is 68.4 cm³/mol. The van der Waals surface area contributed by atoms with Gasteiger partial charge < -0.3 is 14.6 Å². The molecular formula is C12H22N4O. The number of rotatable bonds is 5. The van der Waals surface area contributed by atoms with E-state index in [4.69, 9.17) is 4.74 Å². The molecular weight excluding hydrogens is 216 g/mol. The van der Waals surface area contributed by atoms with Crippen molar-refractivity contribution in [2.24, 2.45) is 0 Å². The first-order valence-electron chi connectivity index (χ1n) is 6.31. The lowest BCUT2D eigenvalue weighted by molar-refractivity contribution is 0.0369. The van der Waals surface area contributed by atoms with E-state index in [0.717, 1.165) is 57.5 Å². The molecule has 0 amide bonds. The van der Waals surface area contributed by atoms with Crippen molar-refractivity contribution in [2.75, 3.05) is 45.2 Å². The van der Waals surface area contributed by atoms with Gasteiger partial charge in [0.25, 0.3) is 0 Å². The summed E-state index contributed by atoms with van der Waals surface area (Å²) in [7, 11) is 1.92. The van der Waals surface area contributed by atoms with Crippen molar-refractivity contribution in [3.63, 3.8) is 0 Å². The number of nitrogens with zero attached hydrogens (tertiary/aromatic N) is 3. The Bertz CT molecular complexity index is 344. The van der Waals surface area contributed by atoms with Crippen LogP contribution in [0.3, 0.4) is 0 Å². The smallest absolute Gasteiger partial charge is 0.202 e. The van der Waals surface area contributed by atoms with Gasteiger partial charge in [-0.25, -0.2) is 4.98 Å². The number of aromatic nitrogens is 2. The van der Waals surface area contributed by atoms with E-state index >= 15 is 0 Å². The average Bonchev–Trinajstić information content (AvgIpc) is 2.71. The molecule has 2 rings (SSSR count). The van der Waals surface area contributed by atoms with E-state index in [0.29, 0.717) is 0 Å². The molecule has 0 atom stereocenters. The fraction of sp³-hybridized carbons (Fsp3) is 0.750. The number of ether oxygens (including phenoxy) is 1. The Morgan fingerprint density at radius 3 is 2.82 bits per heavy atom. The summed E-state index contributed by atoms with van der Waals surface area (Å²) < 4.78 is 7.53. The first-order chi connectivity index (χ1) is 8.29. The third-order valence-electron chi connectivity index (χ3n) is 3.10. The molecule has 1 N–H and O–H groups in total. The monoisotopic (exact) mass is 238 g/mol. The summed E-state index contributed by atoms with van der Waals surface area (Å²) in [4.78, 5) is 6.88. The lowest BCUT2D eigenvalue weighted by atomic mass is 10.3. The maximum Gasteiger partial charge on any atom is 0.202 e. The van der Waals surface area contributed by atoms with Gasteiger partial charge in [0.1, 0.15) is 0 Å². The van der Waals surface area contributed by atoms with E-state index < -0.39 is 0 Å². The summed E-state index contributed by atoms with van der Waals surface area (Å²) in [6, 6.07) is 0. The van der Waals surface area contributed by atoms with Crippen molar-refractivity contribution in [1.29, 1.82) is 0 Å². The molecule has 0 aromatic carbocycles. The Labute approximate surface area is 103 Å². The molecule has 0 aliphatic carbocycles. The van der Waals surface area contributed by atoms with Gasteiger partial charge in [0.05, 0.1) is 18.9 Å². The van der Waals surface area contributed by atoms with Crippen molar-refractivity contribution in [2.45, 2.75) is 19.9 Å². The van der Waals surface area contributed by atoms with Crippen LogP contribution in [0, 0.1) is 6.92 Å². The lowest BCUT2D eigenvalue weighted by Gasteiger charge is -2.26. The van der Waals surface area contributed by atoms with Crippen LogP contribution in [0.15, 0.2) is 6.20 Å². The molecule has 5 heteroatoms. The molecule has 0 unspecified atom stereocenters. The zero-order valence-corrected chi connectivity index (χ0v) is 10.8. The first-order valence-corrected chi connectivity index (χ1v) is 6.31. The molecule has 1 aliphatic rings. The van der Waals surface area contributed by atoms with Crippen LogP contribution in [0.1, 0.15) is 12.1 Å². The molecule has 0 saturated carbocycles. The Morgan fingerprint density at radius 2 is 2.12 bits per heavy atom. The topological polar surface area (TPSA) is 42.3 Å². The minimum absolute atomic E-state index is 0.881. The van der Waals surface area contributed by atoms with Crippen LogP contribution in [0.4, 0.5) is 5.95 Å². The summed E-state index contributed by atoms with van der Waals surface area (Å²) >= 11 is 0. The second-order valence-corrected chi connectivity index (χ2v) is 4.46. The third-order valence-corrected chi connectivity index (χ3v) is 3.10. The van der Waals surface area contributed by atoms with Gasteiger partial charge in [-0.2, -0.15) is 0 Å². The van der Waals surface area contributed by atoms with Crippen LogP contribution in [0.5, 0.6) is 0 Å². The summed E-state index contributed by atoms with van der Waals surface area (Å²) in [6.45, 7) is 8.10. The van der Waals surface area contributed by atoms with E-state index in [-0.39, 0.29) is 0 Å². The Balaban J connectivity index is 1.76. The average molecular weight is 238 g/mol. The number of imidazole rings is 1. The van der Waals surface area contributed by atoms with Crippen molar-refractivity contribution in [1.82, 2.24) is 14.5 Å². The molecule has 2 heterocycles. The highest BCUT2D eigenvalue weighted by Gasteiger charge is 2.10. The number of hydrogen-bond donors (Lipinski definition) is 1. The SMILES string of the molecule is CNc1nc(C)cn1CCCN1CCOCC1. The number of hydrogen-bond acceptors (Lipinski definition) is 4. The third kappa shape index (κ3) is 3.44. The summed E-state index contributed by atoms with van der Waals surface area (Å²) in [6.07, 6.45) is 3.26. The van der Waals surface area contributed by atoms with Crippen LogP contribution in [-0.4, -0.2) is 54.3 Å². The molecule has 96 valence electrons. The number of morpholine rings is 1. The molecule has 0 bridgehead atoms. The van der Waals surface area contributed by atoms with E-state index in [2.05, 4.69) is 26.0 Å². The van der Waals surface area contributed by atoms with Gasteiger partial charge >= 0.3 is 0 Å². The van der Waals surface area contributed by atoms with E-state index in [1.54, 1.807) is 0 Å². The van der Waals surface area contributed by atoms with Crippen molar-refractivity contribution < 1.29 is 4.74 Å². The van der Waals surface area contributed by atoms with E-state index in [9.17, 15) is 0 Å². The van der Waals surface area contributed by atoms with Gasteiger partial charge in [0.15, 0.2) is 0 Å². The molecule has 1 fully saturated rings. The number of nitrogens with one attached hydrogen (secondary N) is 1. The van der Waals surface area contributed by atoms with Gasteiger partial charge in [-0.15, -0.1) is 0 Å². The molecule has 0 radical (unpaired) electrons. The van der Waals surface area contributed by atoms with Crippen LogP contribution < -0.4 is 5.32 Å². The maximum atomic E-state index is 5.34. The minimum atomic E-state index is 0.881. The van der Waals surface area contributed by atoms with E-state index in [1.807, 2.05) is 14.0 Å². The summed E-state index contributed by atoms with van der Waals surface area (Å²) in [5, 5.41) is 3.12. The maximum absolute atomic E-state index is 5.34. The second-order valence-electron chi connectivity index (χ2n) is 4.46. The van der Waals surface area contributed by atoms with Gasteiger partial charge in [-0.05, 0) is 13.3 Å². The summed E-state index contributed by atoms with van der Waals surface area (Å²) in [5.74, 6) is 0.962. The Kier molecular flexibility index (Phi) is 4.39. The van der Waals surface area contributed by atoms with E-state index in [1.165, 1.54) is 0 Å². The molecule has 17 heavy (non-hydrogen) atoms. The van der Waals surface area contributed by atoms with Crippen molar-refractivity contribution in [3.8, 4) is 0 Å². The second kappa shape index (κ2) is 6.02. The zero-order valence-electron chi connectivity index (χ0n) is 10.8. The number of aryl methyl sites for hydroxylation is 2. The van der Waals surface area contributed by atoms with Gasteiger partial charge in [0.2, 0.25) is 5.95 Å². The molecule has 0 spiro atoms. The fourth-order valence-electron chi connectivity index (χ4n) is 2.21. The standard InChI is InChI=1S/C12H22N4O/c1-11-10-16(12(13-2)14-11)5-3-4-15-6-8-17-9-7-15/h10H,3-9H2,1-2H3,(H,13,14). The highest BCUT2D eigenvalue weighted by atomic mass is 16.5. The minimum Gasteiger partial charge on any atom is -0.379 e. The predicted octanol–water partition coefficient (Wildman–Crippen LogP) is 0.956. The van der Waals surface area contributed by atoms with Crippen LogP contribution in [-0.2, 0) is 11.3 Å². The molecule has 1 saturated heterocycles. The molecule has 1 aromatic rings. The van der Waals surface area contributed by atoms with Crippen LogP contribution >= 0.6 is 0 Å². The Morgan fingerprint density at radius 1 is 1.35 bits per heavy atom. The highest BCUT2D eigenvalue weighted by Crippen LogP contribution is 2.09. The van der Waals surface area contributed by atoms with Crippen LogP contribution in [0.25, 0.3) is 0 Å². The summed E-state index contributed by atoms with van der Waals surface area (Å²) in [5.41, 5.74) is 1.07. The van der Waals surface area contributed by atoms with Gasteiger partial charge in [-0.3, -0.25) is 4.90 Å². The molecule has 5 nitrogen and oxygen atoms in total. The number of anilines is 1. The Hall–Kier alpha value is -1.07.